The molecule has 2 aliphatic carbocycles. The average molecular weight is 280 g/mol. The first-order valence-electron chi connectivity index (χ1n) is 8.50. The van der Waals surface area contributed by atoms with Crippen molar-refractivity contribution in [3.05, 3.63) is 0 Å². The first-order chi connectivity index (χ1) is 9.33. The lowest BCUT2D eigenvalue weighted by Crippen LogP contribution is -2.42. The van der Waals surface area contributed by atoms with Crippen LogP contribution in [0.2, 0.25) is 0 Å². The Morgan fingerprint density at radius 1 is 1.25 bits per heavy atom. The van der Waals surface area contributed by atoms with Gasteiger partial charge < -0.3 is 4.74 Å². The molecule has 116 valence electrons. The molecular formula is C18H32O2. The lowest BCUT2D eigenvalue weighted by Gasteiger charge is -2.45. The lowest BCUT2D eigenvalue weighted by atomic mass is 9.59. The standard InChI is InChI=1S/C18H32O2/c1-7-18(5,6)16-13-9-12(15(16)11(3)4)10-14(13)17(19)20-8-2/h11-16H,7-10H2,1-6H3. The molecule has 0 saturated heterocycles. The Morgan fingerprint density at radius 3 is 2.40 bits per heavy atom. The molecule has 20 heavy (non-hydrogen) atoms. The van der Waals surface area contributed by atoms with Gasteiger partial charge in [0, 0.05) is 0 Å². The van der Waals surface area contributed by atoms with Crippen LogP contribution in [0, 0.1) is 40.9 Å². The summed E-state index contributed by atoms with van der Waals surface area (Å²) in [5.74, 6) is 3.74. The summed E-state index contributed by atoms with van der Waals surface area (Å²) in [5.41, 5.74) is 0.333. The number of carbonyl (C=O) groups is 1. The summed E-state index contributed by atoms with van der Waals surface area (Å²) in [6, 6.07) is 0. The highest BCUT2D eigenvalue weighted by Crippen LogP contribution is 2.63. The molecule has 0 spiro atoms. The van der Waals surface area contributed by atoms with Crippen molar-refractivity contribution >= 4 is 5.97 Å². The summed E-state index contributed by atoms with van der Waals surface area (Å²) in [5, 5.41) is 0. The molecule has 5 unspecified atom stereocenters. The molecule has 5 atom stereocenters. The number of carbonyl (C=O) groups excluding carboxylic acids is 1. The number of hydrogen-bond acceptors (Lipinski definition) is 2. The molecule has 2 heteroatoms. The van der Waals surface area contributed by atoms with Gasteiger partial charge in [-0.1, -0.05) is 41.0 Å². The fourth-order valence-electron chi connectivity index (χ4n) is 5.22. The molecule has 2 bridgehead atoms. The second-order valence-electron chi connectivity index (χ2n) is 7.94. The van der Waals surface area contributed by atoms with E-state index in [0.717, 1.165) is 24.2 Å². The normalized spacial score (nSPS) is 36.6. The van der Waals surface area contributed by atoms with Crippen molar-refractivity contribution in [1.82, 2.24) is 0 Å². The van der Waals surface area contributed by atoms with Crippen molar-refractivity contribution in [3.8, 4) is 0 Å². The first kappa shape index (κ1) is 15.9. The minimum absolute atomic E-state index is 0.0686. The Hall–Kier alpha value is -0.530. The number of esters is 1. The largest absolute Gasteiger partial charge is 0.466 e. The van der Waals surface area contributed by atoms with E-state index in [2.05, 4.69) is 34.6 Å². The third-order valence-corrected chi connectivity index (χ3v) is 6.24. The Kier molecular flexibility index (Phi) is 4.51. The molecule has 0 aromatic heterocycles. The maximum absolute atomic E-state index is 12.3. The summed E-state index contributed by atoms with van der Waals surface area (Å²) < 4.78 is 5.33. The number of hydrogen-bond donors (Lipinski definition) is 0. The van der Waals surface area contributed by atoms with Crippen LogP contribution < -0.4 is 0 Å². The predicted molar refractivity (Wildman–Crippen MR) is 82.2 cm³/mol. The molecule has 2 rings (SSSR count). The maximum Gasteiger partial charge on any atom is 0.309 e. The van der Waals surface area contributed by atoms with Crippen LogP contribution in [-0.2, 0) is 9.53 Å². The zero-order chi connectivity index (χ0) is 15.1. The van der Waals surface area contributed by atoms with Crippen molar-refractivity contribution in [1.29, 1.82) is 0 Å². The highest BCUT2D eigenvalue weighted by Gasteiger charge is 2.58. The van der Waals surface area contributed by atoms with Crippen LogP contribution in [0.25, 0.3) is 0 Å². The average Bonchev–Trinajstić information content (AvgIpc) is 2.96. The fourth-order valence-corrected chi connectivity index (χ4v) is 5.22. The zero-order valence-electron chi connectivity index (χ0n) is 14.1. The summed E-state index contributed by atoms with van der Waals surface area (Å²) in [4.78, 5) is 12.3. The van der Waals surface area contributed by atoms with E-state index in [1.807, 2.05) is 6.92 Å². The first-order valence-corrected chi connectivity index (χ1v) is 8.50. The quantitative estimate of drug-likeness (QED) is 0.692. The predicted octanol–water partition coefficient (Wildman–Crippen LogP) is 4.53. The van der Waals surface area contributed by atoms with Crippen molar-refractivity contribution in [2.24, 2.45) is 40.9 Å². The highest BCUT2D eigenvalue weighted by molar-refractivity contribution is 5.73. The fraction of sp³-hybridized carbons (Fsp3) is 0.944. The summed E-state index contributed by atoms with van der Waals surface area (Å²) in [6.45, 7) is 14.2. The Morgan fingerprint density at radius 2 is 1.90 bits per heavy atom. The minimum atomic E-state index is 0.0686. The van der Waals surface area contributed by atoms with Gasteiger partial charge in [0.25, 0.3) is 0 Å². The second kappa shape index (κ2) is 5.69. The summed E-state index contributed by atoms with van der Waals surface area (Å²) in [7, 11) is 0. The van der Waals surface area contributed by atoms with E-state index in [4.69, 9.17) is 4.74 Å². The molecule has 0 aromatic rings. The van der Waals surface area contributed by atoms with Gasteiger partial charge in [-0.25, -0.2) is 0 Å². The van der Waals surface area contributed by atoms with E-state index < -0.39 is 0 Å². The van der Waals surface area contributed by atoms with Gasteiger partial charge in [-0.2, -0.15) is 0 Å². The second-order valence-corrected chi connectivity index (χ2v) is 7.94. The van der Waals surface area contributed by atoms with Crippen LogP contribution in [0.4, 0.5) is 0 Å². The van der Waals surface area contributed by atoms with Crippen molar-refractivity contribution in [3.63, 3.8) is 0 Å². The van der Waals surface area contributed by atoms with Crippen LogP contribution in [0.3, 0.4) is 0 Å². The SMILES string of the molecule is CCOC(=O)C1CC2CC1C(C(C)(C)CC)C2C(C)C. The molecule has 0 N–H and O–H groups in total. The third kappa shape index (κ3) is 2.51. The van der Waals surface area contributed by atoms with E-state index in [1.54, 1.807) is 0 Å². The van der Waals surface area contributed by atoms with E-state index in [1.165, 1.54) is 12.8 Å². The van der Waals surface area contributed by atoms with Crippen LogP contribution in [-0.4, -0.2) is 12.6 Å². The molecule has 0 radical (unpaired) electrons. The van der Waals surface area contributed by atoms with Gasteiger partial charge in [0.1, 0.15) is 0 Å². The lowest BCUT2D eigenvalue weighted by molar-refractivity contribution is -0.152. The van der Waals surface area contributed by atoms with Gasteiger partial charge in [0.05, 0.1) is 12.5 Å². The van der Waals surface area contributed by atoms with Gasteiger partial charge in [0.2, 0.25) is 0 Å². The Labute approximate surface area is 124 Å². The molecule has 2 nitrogen and oxygen atoms in total. The molecule has 2 fully saturated rings. The van der Waals surface area contributed by atoms with Crippen LogP contribution in [0.1, 0.15) is 60.8 Å². The number of fused-ring (bicyclic) bond motifs is 2. The molecule has 2 saturated carbocycles. The van der Waals surface area contributed by atoms with E-state index in [-0.39, 0.29) is 11.9 Å². The maximum atomic E-state index is 12.3. The zero-order valence-corrected chi connectivity index (χ0v) is 14.1. The van der Waals surface area contributed by atoms with E-state index in [0.29, 0.717) is 23.9 Å². The van der Waals surface area contributed by atoms with Crippen molar-refractivity contribution in [2.75, 3.05) is 6.61 Å². The van der Waals surface area contributed by atoms with Gasteiger partial charge in [-0.05, 0) is 54.8 Å². The van der Waals surface area contributed by atoms with Crippen molar-refractivity contribution < 1.29 is 9.53 Å². The van der Waals surface area contributed by atoms with Gasteiger partial charge in [-0.15, -0.1) is 0 Å². The van der Waals surface area contributed by atoms with E-state index >= 15 is 0 Å². The third-order valence-electron chi connectivity index (χ3n) is 6.24. The van der Waals surface area contributed by atoms with E-state index in [9.17, 15) is 4.79 Å². The minimum Gasteiger partial charge on any atom is -0.466 e. The molecule has 0 heterocycles. The van der Waals surface area contributed by atoms with Crippen LogP contribution in [0.5, 0.6) is 0 Å². The Bertz CT molecular complexity index is 358. The highest BCUT2D eigenvalue weighted by atomic mass is 16.5. The van der Waals surface area contributed by atoms with Gasteiger partial charge >= 0.3 is 5.97 Å². The van der Waals surface area contributed by atoms with Crippen LogP contribution in [0.15, 0.2) is 0 Å². The summed E-state index contributed by atoms with van der Waals surface area (Å²) in [6.07, 6.45) is 3.52. The van der Waals surface area contributed by atoms with Crippen LogP contribution >= 0.6 is 0 Å². The molecular weight excluding hydrogens is 248 g/mol. The van der Waals surface area contributed by atoms with Gasteiger partial charge in [-0.3, -0.25) is 4.79 Å². The Balaban J connectivity index is 2.24. The molecule has 2 aliphatic rings. The monoisotopic (exact) mass is 280 g/mol. The summed E-state index contributed by atoms with van der Waals surface area (Å²) >= 11 is 0. The number of ether oxygens (including phenoxy) is 1. The molecule has 0 aliphatic heterocycles. The molecule has 0 aromatic carbocycles. The van der Waals surface area contributed by atoms with Crippen molar-refractivity contribution in [2.45, 2.75) is 60.8 Å². The topological polar surface area (TPSA) is 26.3 Å². The number of rotatable bonds is 5. The van der Waals surface area contributed by atoms with Gasteiger partial charge in [0.15, 0.2) is 0 Å². The smallest absolute Gasteiger partial charge is 0.309 e. The molecule has 0 amide bonds.